The Hall–Kier alpha value is -2.37. The molecule has 1 aliphatic carbocycles. The largest absolute Gasteiger partial charge is 0.394 e. The Kier molecular flexibility index (Phi) is 6.49. The number of aryl methyl sites for hydroxylation is 1. The molecule has 1 aliphatic rings. The number of hydrogen-bond acceptors (Lipinski definition) is 5. The predicted molar refractivity (Wildman–Crippen MR) is 108 cm³/mol. The van der Waals surface area contributed by atoms with Crippen molar-refractivity contribution in [1.29, 1.82) is 0 Å². The van der Waals surface area contributed by atoms with Gasteiger partial charge in [0.25, 0.3) is 0 Å². The molecule has 0 radical (unpaired) electrons. The van der Waals surface area contributed by atoms with Crippen LogP contribution in [0.4, 0.5) is 34.6 Å². The number of halogens is 4. The summed E-state index contributed by atoms with van der Waals surface area (Å²) in [5.74, 6) is -5.43. The van der Waals surface area contributed by atoms with Crippen LogP contribution in [0.5, 0.6) is 0 Å². The lowest BCUT2D eigenvalue weighted by Crippen LogP contribution is -2.50. The second-order valence-electron chi connectivity index (χ2n) is 7.70. The SMILES string of the molecule is Cc1ccc(Nc2c(F)c(F)cc(F)c2NS(=O)(=O)C2(CC(O)CO)CCC2)c(F)c1. The Labute approximate surface area is 177 Å². The molecular formula is C20H22F4N2O4S. The summed E-state index contributed by atoms with van der Waals surface area (Å²) in [5, 5.41) is 21.1. The molecule has 0 saturated heterocycles. The summed E-state index contributed by atoms with van der Waals surface area (Å²) in [7, 11) is -4.41. The van der Waals surface area contributed by atoms with Crippen molar-refractivity contribution in [3.8, 4) is 0 Å². The van der Waals surface area contributed by atoms with E-state index in [1.807, 2.05) is 4.72 Å². The van der Waals surface area contributed by atoms with Crippen LogP contribution >= 0.6 is 0 Å². The molecule has 6 nitrogen and oxygen atoms in total. The second kappa shape index (κ2) is 8.64. The van der Waals surface area contributed by atoms with Crippen LogP contribution in [0.25, 0.3) is 0 Å². The van der Waals surface area contributed by atoms with Gasteiger partial charge in [0.2, 0.25) is 10.0 Å². The summed E-state index contributed by atoms with van der Waals surface area (Å²) in [6, 6.07) is 3.98. The molecule has 11 heteroatoms. The van der Waals surface area contributed by atoms with E-state index in [1.54, 1.807) is 6.92 Å². The molecule has 1 unspecified atom stereocenters. The van der Waals surface area contributed by atoms with Gasteiger partial charge in [-0.25, -0.2) is 26.0 Å². The number of nitrogens with one attached hydrogen (secondary N) is 2. The number of hydrogen-bond donors (Lipinski definition) is 4. The summed E-state index contributed by atoms with van der Waals surface area (Å²) in [4.78, 5) is 0. The molecule has 0 aromatic heterocycles. The van der Waals surface area contributed by atoms with Crippen LogP contribution < -0.4 is 10.0 Å². The average molecular weight is 462 g/mol. The molecule has 0 bridgehead atoms. The zero-order chi connectivity index (χ0) is 23.0. The summed E-state index contributed by atoms with van der Waals surface area (Å²) in [6.07, 6.45) is -0.885. The van der Waals surface area contributed by atoms with Gasteiger partial charge in [-0.15, -0.1) is 0 Å². The van der Waals surface area contributed by atoms with Crippen LogP contribution in [0, 0.1) is 30.2 Å². The first kappa shape index (κ1) is 23.3. The van der Waals surface area contributed by atoms with E-state index >= 15 is 0 Å². The van der Waals surface area contributed by atoms with Crippen molar-refractivity contribution in [2.75, 3.05) is 16.6 Å². The van der Waals surface area contributed by atoms with Gasteiger partial charge in [0.15, 0.2) is 17.5 Å². The van der Waals surface area contributed by atoms with Gasteiger partial charge in [0.05, 0.1) is 23.1 Å². The van der Waals surface area contributed by atoms with Gasteiger partial charge in [-0.3, -0.25) is 4.72 Å². The number of benzene rings is 2. The third-order valence-corrected chi connectivity index (χ3v) is 7.63. The molecule has 3 rings (SSSR count). The highest BCUT2D eigenvalue weighted by atomic mass is 32.2. The van der Waals surface area contributed by atoms with Crippen molar-refractivity contribution in [2.45, 2.75) is 43.5 Å². The van der Waals surface area contributed by atoms with E-state index in [0.717, 1.165) is 6.07 Å². The molecule has 1 saturated carbocycles. The van der Waals surface area contributed by atoms with Crippen molar-refractivity contribution < 1.29 is 36.2 Å². The average Bonchev–Trinajstić information content (AvgIpc) is 2.66. The lowest BCUT2D eigenvalue weighted by molar-refractivity contribution is 0.0671. The summed E-state index contributed by atoms with van der Waals surface area (Å²) >= 11 is 0. The van der Waals surface area contributed by atoms with E-state index in [-0.39, 0.29) is 31.0 Å². The first-order valence-electron chi connectivity index (χ1n) is 9.51. The molecule has 0 aliphatic heterocycles. The Balaban J connectivity index is 2.04. The normalized spacial score (nSPS) is 16.5. The molecule has 1 fully saturated rings. The van der Waals surface area contributed by atoms with Gasteiger partial charge >= 0.3 is 0 Å². The Morgan fingerprint density at radius 3 is 2.29 bits per heavy atom. The molecule has 31 heavy (non-hydrogen) atoms. The second-order valence-corrected chi connectivity index (χ2v) is 9.77. The number of aliphatic hydroxyl groups excluding tert-OH is 2. The quantitative estimate of drug-likeness (QED) is 0.354. The zero-order valence-corrected chi connectivity index (χ0v) is 17.4. The van der Waals surface area contributed by atoms with Gasteiger partial charge in [-0.2, -0.15) is 0 Å². The Morgan fingerprint density at radius 2 is 1.74 bits per heavy atom. The lowest BCUT2D eigenvalue weighted by Gasteiger charge is -2.42. The first-order chi connectivity index (χ1) is 14.5. The summed E-state index contributed by atoms with van der Waals surface area (Å²) in [5.41, 5.74) is -1.60. The molecular weight excluding hydrogens is 440 g/mol. The smallest absolute Gasteiger partial charge is 0.238 e. The standard InChI is InChI=1S/C20H22F4N2O4S/c1-11-3-4-16(13(21)7-11)25-19-17(24)14(22)8-15(23)18(19)26-31(29,30)20(5-2-6-20)9-12(28)10-27/h3-4,7-8,12,25-28H,2,5-6,9-10H2,1H3. The lowest BCUT2D eigenvalue weighted by atomic mass is 9.80. The van der Waals surface area contributed by atoms with Gasteiger partial charge in [-0.05, 0) is 43.9 Å². The van der Waals surface area contributed by atoms with Crippen LogP contribution in [0.1, 0.15) is 31.2 Å². The minimum atomic E-state index is -4.41. The maximum atomic E-state index is 14.6. The molecule has 2 aromatic rings. The maximum absolute atomic E-state index is 14.6. The van der Waals surface area contributed by atoms with E-state index in [2.05, 4.69) is 5.32 Å². The van der Waals surface area contributed by atoms with Gasteiger partial charge in [-0.1, -0.05) is 12.5 Å². The van der Waals surface area contributed by atoms with Crippen molar-refractivity contribution in [1.82, 2.24) is 0 Å². The zero-order valence-electron chi connectivity index (χ0n) is 16.6. The third-order valence-electron chi connectivity index (χ3n) is 5.45. The Bertz CT molecular complexity index is 1090. The highest BCUT2D eigenvalue weighted by Gasteiger charge is 2.50. The topological polar surface area (TPSA) is 98.7 Å². The number of rotatable bonds is 8. The number of anilines is 3. The van der Waals surface area contributed by atoms with Crippen LogP contribution in [-0.2, 0) is 10.0 Å². The maximum Gasteiger partial charge on any atom is 0.238 e. The predicted octanol–water partition coefficient (Wildman–Crippen LogP) is 3.70. The first-order valence-corrected chi connectivity index (χ1v) is 11.0. The Morgan fingerprint density at radius 1 is 1.06 bits per heavy atom. The van der Waals surface area contributed by atoms with E-state index in [1.165, 1.54) is 12.1 Å². The molecule has 2 aromatic carbocycles. The monoisotopic (exact) mass is 462 g/mol. The fourth-order valence-corrected chi connectivity index (χ4v) is 5.48. The summed E-state index contributed by atoms with van der Waals surface area (Å²) < 4.78 is 83.7. The molecule has 4 N–H and O–H groups in total. The van der Waals surface area contributed by atoms with E-state index in [4.69, 9.17) is 5.11 Å². The molecule has 1 atom stereocenters. The van der Waals surface area contributed by atoms with Crippen molar-refractivity contribution >= 4 is 27.1 Å². The van der Waals surface area contributed by atoms with Gasteiger partial charge < -0.3 is 15.5 Å². The van der Waals surface area contributed by atoms with Crippen LogP contribution in [0.3, 0.4) is 0 Å². The number of aliphatic hydroxyl groups is 2. The number of sulfonamides is 1. The minimum Gasteiger partial charge on any atom is -0.394 e. The third kappa shape index (κ3) is 4.48. The van der Waals surface area contributed by atoms with Gasteiger partial charge in [0.1, 0.15) is 17.2 Å². The minimum absolute atomic E-state index is 0.125. The fourth-order valence-electron chi connectivity index (χ4n) is 3.56. The van der Waals surface area contributed by atoms with Crippen LogP contribution in [0.15, 0.2) is 24.3 Å². The van der Waals surface area contributed by atoms with E-state index in [0.29, 0.717) is 12.0 Å². The van der Waals surface area contributed by atoms with Crippen LogP contribution in [0.2, 0.25) is 0 Å². The highest BCUT2D eigenvalue weighted by Crippen LogP contribution is 2.45. The van der Waals surface area contributed by atoms with Crippen molar-refractivity contribution in [3.63, 3.8) is 0 Å². The van der Waals surface area contributed by atoms with E-state index in [9.17, 15) is 31.1 Å². The fraction of sp³-hybridized carbons (Fsp3) is 0.400. The summed E-state index contributed by atoms with van der Waals surface area (Å²) in [6.45, 7) is 0.935. The molecule has 0 amide bonds. The van der Waals surface area contributed by atoms with E-state index < -0.39 is 62.1 Å². The van der Waals surface area contributed by atoms with Crippen molar-refractivity contribution in [3.05, 3.63) is 53.1 Å². The molecule has 0 spiro atoms. The van der Waals surface area contributed by atoms with Crippen LogP contribution in [-0.4, -0.2) is 36.1 Å². The van der Waals surface area contributed by atoms with Crippen molar-refractivity contribution in [2.24, 2.45) is 0 Å². The highest BCUT2D eigenvalue weighted by molar-refractivity contribution is 7.94. The molecule has 0 heterocycles. The van der Waals surface area contributed by atoms with Gasteiger partial charge in [0, 0.05) is 6.07 Å². The molecule has 170 valence electrons.